The maximum atomic E-state index is 6.25. The number of allylic oxidation sites excluding steroid dienone is 2. The molecule has 0 N–H and O–H groups in total. The van der Waals surface area contributed by atoms with E-state index in [0.717, 1.165) is 19.3 Å². The molecule has 0 fully saturated rings. The van der Waals surface area contributed by atoms with Crippen LogP contribution >= 0.6 is 0 Å². The Morgan fingerprint density at radius 1 is 1.38 bits per heavy atom. The van der Waals surface area contributed by atoms with E-state index in [0.29, 0.717) is 12.0 Å². The van der Waals surface area contributed by atoms with Crippen LogP contribution in [0.5, 0.6) is 0 Å². The Bertz CT molecular complexity index is 227. The Kier molecular flexibility index (Phi) is 6.92. The van der Waals surface area contributed by atoms with Crippen molar-refractivity contribution >= 4 is 8.32 Å². The second-order valence-electron chi connectivity index (χ2n) is 5.77. The molecule has 94 valence electrons. The van der Waals surface area contributed by atoms with Crippen molar-refractivity contribution in [3.05, 3.63) is 24.8 Å². The number of hydrogen-bond acceptors (Lipinski definition) is 1. The summed E-state index contributed by atoms with van der Waals surface area (Å²) in [6.45, 7) is 18.9. The summed E-state index contributed by atoms with van der Waals surface area (Å²) in [6.07, 6.45) is 5.55. The van der Waals surface area contributed by atoms with Crippen molar-refractivity contribution in [3.8, 4) is 0 Å². The third-order valence-electron chi connectivity index (χ3n) is 2.53. The van der Waals surface area contributed by atoms with Gasteiger partial charge in [-0.1, -0.05) is 18.6 Å². The molecule has 0 rings (SSSR count). The first-order valence-electron chi connectivity index (χ1n) is 6.19. The summed E-state index contributed by atoms with van der Waals surface area (Å²) in [5.41, 5.74) is 1.25. The molecule has 2 atom stereocenters. The van der Waals surface area contributed by atoms with Crippen molar-refractivity contribution in [2.24, 2.45) is 5.92 Å². The molecule has 0 saturated carbocycles. The third kappa shape index (κ3) is 7.89. The molecule has 16 heavy (non-hydrogen) atoms. The SMILES string of the molecule is C=CCC(C)C(CCC(=C)C)O[Si](C)(C)C. The van der Waals surface area contributed by atoms with Crippen LogP contribution < -0.4 is 0 Å². The minimum absolute atomic E-state index is 0.362. The molecule has 0 saturated heterocycles. The molecule has 0 aromatic carbocycles. The predicted molar refractivity (Wildman–Crippen MR) is 76.2 cm³/mol. The average Bonchev–Trinajstić information content (AvgIpc) is 2.10. The summed E-state index contributed by atoms with van der Waals surface area (Å²) in [4.78, 5) is 0. The zero-order valence-corrected chi connectivity index (χ0v) is 12.7. The quantitative estimate of drug-likeness (QED) is 0.438. The first-order chi connectivity index (χ1) is 7.26. The van der Waals surface area contributed by atoms with Gasteiger partial charge in [0.25, 0.3) is 0 Å². The fraction of sp³-hybridized carbons (Fsp3) is 0.714. The lowest BCUT2D eigenvalue weighted by molar-refractivity contribution is 0.127. The van der Waals surface area contributed by atoms with Crippen molar-refractivity contribution in [2.75, 3.05) is 0 Å². The third-order valence-corrected chi connectivity index (χ3v) is 3.54. The number of rotatable bonds is 8. The van der Waals surface area contributed by atoms with Gasteiger partial charge in [-0.25, -0.2) is 0 Å². The first kappa shape index (κ1) is 15.7. The molecule has 0 spiro atoms. The van der Waals surface area contributed by atoms with Crippen molar-refractivity contribution in [1.29, 1.82) is 0 Å². The van der Waals surface area contributed by atoms with Gasteiger partial charge in [0, 0.05) is 6.10 Å². The van der Waals surface area contributed by atoms with Crippen molar-refractivity contribution in [3.63, 3.8) is 0 Å². The van der Waals surface area contributed by atoms with E-state index in [4.69, 9.17) is 4.43 Å². The van der Waals surface area contributed by atoms with Crippen LogP contribution in [0, 0.1) is 5.92 Å². The lowest BCUT2D eigenvalue weighted by Gasteiger charge is -2.30. The fourth-order valence-corrected chi connectivity index (χ4v) is 2.98. The molecular formula is C14H28OSi. The lowest BCUT2D eigenvalue weighted by atomic mass is 9.96. The van der Waals surface area contributed by atoms with E-state index in [9.17, 15) is 0 Å². The maximum absolute atomic E-state index is 6.25. The monoisotopic (exact) mass is 240 g/mol. The van der Waals surface area contributed by atoms with E-state index in [1.165, 1.54) is 5.57 Å². The van der Waals surface area contributed by atoms with Crippen LogP contribution in [0.25, 0.3) is 0 Å². The highest BCUT2D eigenvalue weighted by Crippen LogP contribution is 2.22. The summed E-state index contributed by atoms with van der Waals surface area (Å²) in [5, 5.41) is 0. The number of hydrogen-bond donors (Lipinski definition) is 0. The van der Waals surface area contributed by atoms with E-state index in [1.54, 1.807) is 0 Å². The lowest BCUT2D eigenvalue weighted by Crippen LogP contribution is -2.35. The molecule has 0 aromatic rings. The van der Waals surface area contributed by atoms with Gasteiger partial charge in [0.2, 0.25) is 0 Å². The summed E-state index contributed by atoms with van der Waals surface area (Å²) in [6, 6.07) is 0. The molecule has 0 radical (unpaired) electrons. The molecule has 2 unspecified atom stereocenters. The molecule has 0 heterocycles. The molecule has 0 bridgehead atoms. The van der Waals surface area contributed by atoms with Gasteiger partial charge in [-0.3, -0.25) is 0 Å². The van der Waals surface area contributed by atoms with Crippen LogP contribution in [0.3, 0.4) is 0 Å². The largest absolute Gasteiger partial charge is 0.414 e. The second-order valence-corrected chi connectivity index (χ2v) is 10.2. The van der Waals surface area contributed by atoms with Gasteiger partial charge in [0.15, 0.2) is 8.32 Å². The summed E-state index contributed by atoms with van der Waals surface area (Å²) in [5.74, 6) is 0.559. The van der Waals surface area contributed by atoms with Gasteiger partial charge in [-0.05, 0) is 51.7 Å². The Labute approximate surface area is 103 Å². The molecule has 0 aliphatic rings. The van der Waals surface area contributed by atoms with Crippen molar-refractivity contribution in [1.82, 2.24) is 0 Å². The van der Waals surface area contributed by atoms with Gasteiger partial charge in [-0.2, -0.15) is 0 Å². The Morgan fingerprint density at radius 2 is 1.94 bits per heavy atom. The highest BCUT2D eigenvalue weighted by atomic mass is 28.4. The van der Waals surface area contributed by atoms with Gasteiger partial charge >= 0.3 is 0 Å². The van der Waals surface area contributed by atoms with Gasteiger partial charge < -0.3 is 4.43 Å². The van der Waals surface area contributed by atoms with E-state index in [2.05, 4.69) is 46.6 Å². The Balaban J connectivity index is 4.37. The van der Waals surface area contributed by atoms with Gasteiger partial charge in [0.1, 0.15) is 0 Å². The van der Waals surface area contributed by atoms with Crippen molar-refractivity contribution < 1.29 is 4.43 Å². The standard InChI is InChI=1S/C14H28OSi/c1-8-9-13(4)14(11-10-12(2)3)15-16(5,6)7/h8,13-14H,1-2,9-11H2,3-7H3. The first-order valence-corrected chi connectivity index (χ1v) is 9.60. The van der Waals surface area contributed by atoms with Crippen LogP contribution in [0.4, 0.5) is 0 Å². The minimum atomic E-state index is -1.45. The summed E-state index contributed by atoms with van der Waals surface area (Å²) in [7, 11) is -1.45. The van der Waals surface area contributed by atoms with Crippen LogP contribution in [-0.4, -0.2) is 14.4 Å². The topological polar surface area (TPSA) is 9.23 Å². The minimum Gasteiger partial charge on any atom is -0.414 e. The molecule has 0 aromatic heterocycles. The van der Waals surface area contributed by atoms with E-state index < -0.39 is 8.32 Å². The molecule has 0 aliphatic carbocycles. The zero-order chi connectivity index (χ0) is 12.8. The van der Waals surface area contributed by atoms with Crippen LogP contribution in [0.2, 0.25) is 19.6 Å². The smallest absolute Gasteiger partial charge is 0.184 e. The maximum Gasteiger partial charge on any atom is 0.184 e. The second kappa shape index (κ2) is 7.07. The van der Waals surface area contributed by atoms with Gasteiger partial charge in [-0.15, -0.1) is 13.2 Å². The fourth-order valence-electron chi connectivity index (χ4n) is 1.72. The van der Waals surface area contributed by atoms with Crippen molar-refractivity contribution in [2.45, 2.75) is 58.9 Å². The highest BCUT2D eigenvalue weighted by molar-refractivity contribution is 6.69. The average molecular weight is 240 g/mol. The molecular weight excluding hydrogens is 212 g/mol. The Morgan fingerprint density at radius 3 is 2.31 bits per heavy atom. The van der Waals surface area contributed by atoms with Crippen LogP contribution in [-0.2, 0) is 4.43 Å². The van der Waals surface area contributed by atoms with Crippen LogP contribution in [0.1, 0.15) is 33.1 Å². The predicted octanol–water partition coefficient (Wildman–Crippen LogP) is 4.78. The molecule has 0 amide bonds. The Hall–Kier alpha value is -0.343. The molecule has 2 heteroatoms. The summed E-state index contributed by atoms with van der Waals surface area (Å²) >= 11 is 0. The zero-order valence-electron chi connectivity index (χ0n) is 11.7. The van der Waals surface area contributed by atoms with E-state index >= 15 is 0 Å². The molecule has 1 nitrogen and oxygen atoms in total. The highest BCUT2D eigenvalue weighted by Gasteiger charge is 2.24. The summed E-state index contributed by atoms with van der Waals surface area (Å²) < 4.78 is 6.25. The molecule has 0 aliphatic heterocycles. The van der Waals surface area contributed by atoms with E-state index in [-0.39, 0.29) is 0 Å². The normalized spacial score (nSPS) is 15.6. The van der Waals surface area contributed by atoms with Gasteiger partial charge in [0.05, 0.1) is 0 Å². The van der Waals surface area contributed by atoms with Crippen LogP contribution in [0.15, 0.2) is 24.8 Å². The van der Waals surface area contributed by atoms with E-state index in [1.807, 2.05) is 6.08 Å².